The van der Waals surface area contributed by atoms with Crippen molar-refractivity contribution in [2.24, 2.45) is 0 Å². The first-order valence-corrected chi connectivity index (χ1v) is 7.21. The van der Waals surface area contributed by atoms with Gasteiger partial charge in [-0.25, -0.2) is 0 Å². The smallest absolute Gasteiger partial charge is 0.324 e. The number of aromatic nitrogens is 2. The third-order valence-corrected chi connectivity index (χ3v) is 3.80. The van der Waals surface area contributed by atoms with E-state index in [1.807, 2.05) is 0 Å². The van der Waals surface area contributed by atoms with Crippen molar-refractivity contribution in [3.63, 3.8) is 0 Å². The molecule has 0 unspecified atom stereocenters. The van der Waals surface area contributed by atoms with Crippen molar-refractivity contribution in [3.8, 4) is 0 Å². The van der Waals surface area contributed by atoms with E-state index in [-0.39, 0.29) is 12.2 Å². The number of anilines is 1. The van der Waals surface area contributed by atoms with Crippen LogP contribution in [0.2, 0.25) is 5.02 Å². The Morgan fingerprint density at radius 2 is 1.95 bits per heavy atom. The number of hydrogen-bond donors (Lipinski definition) is 1. The third kappa shape index (κ3) is 3.80. The fourth-order valence-corrected chi connectivity index (χ4v) is 2.24. The summed E-state index contributed by atoms with van der Waals surface area (Å²) in [5.41, 5.74) is -0.580. The lowest BCUT2D eigenvalue weighted by molar-refractivity contribution is -0.141. The van der Waals surface area contributed by atoms with E-state index in [9.17, 15) is 18.0 Å². The predicted octanol–water partition coefficient (Wildman–Crippen LogP) is 4.26. The van der Waals surface area contributed by atoms with E-state index in [2.05, 4.69) is 26.3 Å². The maximum atomic E-state index is 12.7. The van der Waals surface area contributed by atoms with Crippen LogP contribution < -0.4 is 5.32 Å². The van der Waals surface area contributed by atoms with Crippen molar-refractivity contribution in [3.05, 3.63) is 45.1 Å². The van der Waals surface area contributed by atoms with E-state index < -0.39 is 22.8 Å². The first-order chi connectivity index (χ1) is 10.2. The quantitative estimate of drug-likeness (QED) is 0.842. The molecular weight excluding hydrogens is 387 g/mol. The van der Waals surface area contributed by atoms with Crippen molar-refractivity contribution in [2.75, 3.05) is 5.32 Å². The number of nitrogens with zero attached hydrogens (tertiary/aromatic N) is 2. The van der Waals surface area contributed by atoms with E-state index in [4.69, 9.17) is 11.6 Å². The monoisotopic (exact) mass is 395 g/mol. The molecule has 0 fully saturated rings. The molecule has 1 amide bonds. The summed E-state index contributed by atoms with van der Waals surface area (Å²) in [4.78, 5) is 11.9. The molecule has 0 radical (unpaired) electrons. The summed E-state index contributed by atoms with van der Waals surface area (Å²) >= 11 is 8.88. The fraction of sp³-hybridized carbons (Fsp3) is 0.231. The lowest BCUT2D eigenvalue weighted by atomic mass is 10.3. The molecule has 0 saturated carbocycles. The third-order valence-electron chi connectivity index (χ3n) is 2.82. The molecule has 1 aromatic carbocycles. The topological polar surface area (TPSA) is 46.9 Å². The Labute approximate surface area is 137 Å². The van der Waals surface area contributed by atoms with Crippen LogP contribution in [0.4, 0.5) is 18.9 Å². The molecular formula is C13H10BrClF3N3O. The number of amides is 1. The van der Waals surface area contributed by atoms with Crippen LogP contribution in [0.3, 0.4) is 0 Å². The van der Waals surface area contributed by atoms with Crippen molar-refractivity contribution in [1.82, 2.24) is 9.78 Å². The minimum atomic E-state index is -4.66. The number of hydrogen-bond acceptors (Lipinski definition) is 2. The summed E-state index contributed by atoms with van der Waals surface area (Å²) < 4.78 is 39.9. The predicted molar refractivity (Wildman–Crippen MR) is 79.7 cm³/mol. The van der Waals surface area contributed by atoms with E-state index in [1.54, 1.807) is 24.3 Å². The number of nitrogens with one attached hydrogen (secondary N) is 1. The van der Waals surface area contributed by atoms with Gasteiger partial charge in [-0.05, 0) is 31.2 Å². The van der Waals surface area contributed by atoms with Crippen LogP contribution in [0.5, 0.6) is 0 Å². The van der Waals surface area contributed by atoms with Crippen molar-refractivity contribution in [2.45, 2.75) is 19.6 Å². The average Bonchev–Trinajstić information content (AvgIpc) is 2.69. The zero-order valence-electron chi connectivity index (χ0n) is 11.2. The SMILES string of the molecule is Cc1c(Cl)c(C(F)(F)F)nn1CC(=O)Nc1ccc(Br)cc1. The molecule has 118 valence electrons. The van der Waals surface area contributed by atoms with Crippen LogP contribution >= 0.6 is 27.5 Å². The molecule has 2 aromatic rings. The van der Waals surface area contributed by atoms with E-state index in [0.29, 0.717) is 5.69 Å². The number of rotatable bonds is 3. The molecule has 0 aliphatic heterocycles. The Morgan fingerprint density at radius 1 is 1.36 bits per heavy atom. The lowest BCUT2D eigenvalue weighted by Gasteiger charge is -2.07. The molecule has 1 heterocycles. The van der Waals surface area contributed by atoms with Gasteiger partial charge in [-0.3, -0.25) is 9.48 Å². The van der Waals surface area contributed by atoms with E-state index in [1.165, 1.54) is 6.92 Å². The Balaban J connectivity index is 2.13. The first kappa shape index (κ1) is 16.8. The lowest BCUT2D eigenvalue weighted by Crippen LogP contribution is -2.20. The number of benzene rings is 1. The van der Waals surface area contributed by atoms with Crippen LogP contribution in [-0.4, -0.2) is 15.7 Å². The zero-order chi connectivity index (χ0) is 16.5. The van der Waals surface area contributed by atoms with Crippen LogP contribution in [0.15, 0.2) is 28.7 Å². The number of halogens is 5. The van der Waals surface area contributed by atoms with E-state index >= 15 is 0 Å². The molecule has 0 spiro atoms. The zero-order valence-corrected chi connectivity index (χ0v) is 13.6. The summed E-state index contributed by atoms with van der Waals surface area (Å²) in [5, 5.41) is 5.44. The molecule has 9 heteroatoms. The maximum Gasteiger partial charge on any atom is 0.436 e. The van der Waals surface area contributed by atoms with Crippen molar-refractivity contribution in [1.29, 1.82) is 0 Å². The maximum absolute atomic E-state index is 12.7. The van der Waals surface area contributed by atoms with Gasteiger partial charge in [0.15, 0.2) is 5.69 Å². The van der Waals surface area contributed by atoms with Gasteiger partial charge in [0.05, 0.1) is 10.7 Å². The van der Waals surface area contributed by atoms with Crippen LogP contribution in [0, 0.1) is 6.92 Å². The van der Waals surface area contributed by atoms with Crippen molar-refractivity contribution < 1.29 is 18.0 Å². The Hall–Kier alpha value is -1.54. The Kier molecular flexibility index (Phi) is 4.81. The second kappa shape index (κ2) is 6.29. The van der Waals surface area contributed by atoms with Gasteiger partial charge >= 0.3 is 6.18 Å². The number of carbonyl (C=O) groups excluding carboxylic acids is 1. The van der Waals surface area contributed by atoms with E-state index in [0.717, 1.165) is 9.15 Å². The standard InChI is InChI=1S/C13H10BrClF3N3O/c1-7-11(15)12(13(16,17)18)20-21(7)6-10(22)19-9-4-2-8(14)3-5-9/h2-5H,6H2,1H3,(H,19,22). The fourth-order valence-electron chi connectivity index (χ4n) is 1.73. The van der Waals surface area contributed by atoms with Crippen molar-refractivity contribution >= 4 is 39.1 Å². The summed E-state index contributed by atoms with van der Waals surface area (Å²) in [6.07, 6.45) is -4.66. The minimum Gasteiger partial charge on any atom is -0.324 e. The average molecular weight is 397 g/mol. The van der Waals surface area contributed by atoms with Gasteiger partial charge in [-0.15, -0.1) is 0 Å². The highest BCUT2D eigenvalue weighted by molar-refractivity contribution is 9.10. The molecule has 4 nitrogen and oxygen atoms in total. The number of alkyl halides is 3. The molecule has 22 heavy (non-hydrogen) atoms. The minimum absolute atomic E-state index is 0.0833. The largest absolute Gasteiger partial charge is 0.436 e. The first-order valence-electron chi connectivity index (χ1n) is 6.04. The van der Waals surface area contributed by atoms with Gasteiger partial charge in [-0.1, -0.05) is 27.5 Å². The van der Waals surface area contributed by atoms with Crippen LogP contribution in [0.25, 0.3) is 0 Å². The molecule has 1 aromatic heterocycles. The van der Waals surface area contributed by atoms with Gasteiger partial charge in [0.1, 0.15) is 6.54 Å². The molecule has 0 bridgehead atoms. The second-order valence-corrected chi connectivity index (χ2v) is 5.75. The highest BCUT2D eigenvalue weighted by Gasteiger charge is 2.38. The number of carbonyl (C=O) groups is 1. The molecule has 0 saturated heterocycles. The van der Waals surface area contributed by atoms with Crippen LogP contribution in [0.1, 0.15) is 11.4 Å². The summed E-state index contributed by atoms with van der Waals surface area (Å²) in [5.74, 6) is -0.502. The van der Waals surface area contributed by atoms with Gasteiger partial charge in [0.2, 0.25) is 5.91 Å². The van der Waals surface area contributed by atoms with Gasteiger partial charge in [0, 0.05) is 10.2 Å². The normalized spacial score (nSPS) is 11.5. The Bertz CT molecular complexity index is 698. The molecule has 0 aliphatic carbocycles. The molecule has 1 N–H and O–H groups in total. The highest BCUT2D eigenvalue weighted by atomic mass is 79.9. The Morgan fingerprint density at radius 3 is 2.45 bits per heavy atom. The van der Waals surface area contributed by atoms with Gasteiger partial charge < -0.3 is 5.32 Å². The van der Waals surface area contributed by atoms with Gasteiger partial charge in [-0.2, -0.15) is 18.3 Å². The van der Waals surface area contributed by atoms with Crippen LogP contribution in [-0.2, 0) is 17.5 Å². The van der Waals surface area contributed by atoms with Gasteiger partial charge in [0.25, 0.3) is 0 Å². The molecule has 0 aliphatic rings. The highest BCUT2D eigenvalue weighted by Crippen LogP contribution is 2.35. The summed E-state index contributed by atoms with van der Waals surface area (Å²) in [6.45, 7) is 1.01. The summed E-state index contributed by atoms with van der Waals surface area (Å²) in [6, 6.07) is 6.78. The molecule has 0 atom stereocenters. The molecule has 2 rings (SSSR count). The summed E-state index contributed by atoms with van der Waals surface area (Å²) in [7, 11) is 0. The second-order valence-electron chi connectivity index (χ2n) is 4.46.